The number of imide groups is 4. The van der Waals surface area contributed by atoms with Crippen LogP contribution in [0, 0.1) is 0 Å². The van der Waals surface area contributed by atoms with E-state index in [1.165, 1.54) is 148 Å². The first-order valence-corrected chi connectivity index (χ1v) is 41.5. The summed E-state index contributed by atoms with van der Waals surface area (Å²) in [5.74, 6) is -2.67. The highest BCUT2D eigenvalue weighted by Gasteiger charge is 2.40. The standard InChI is InChI=1S/C94H108N4O8/c1-5-9-13-17-21-25-29-33-37-55-95-87(99)69-49-43-63-65-45-51-73-83-75(93(105)97(91(73)103)57-39-35-31-27-23-19-15-11-7-3)59-61(77(85(65)83)67-47-53-71(89(95)101)81(69)79(63)67)41-42-62-60-76-84-74(92(104)98(94(76)106)58-40-36-32-28-24-20-16-12-8-4)52-46-66-64-44-50-70-82-72(54-48-68(80(64)82)78(62)86(66)84)90(102)96(88(70)100)56-38-34-30-26-22-18-14-10-6-2/h41-54,59-60H,5-40,55-58H2,1-4H3/b42-41+. The van der Waals surface area contributed by atoms with Crippen LogP contribution in [0.2, 0.25) is 0 Å². The molecule has 0 unspecified atom stereocenters. The molecule has 0 radical (unpaired) electrons. The minimum absolute atomic E-state index is 0.278. The Balaban J connectivity index is 0.903. The number of fused-ring (bicyclic) bond motifs is 4. The summed E-state index contributed by atoms with van der Waals surface area (Å²) in [7, 11) is 0. The van der Waals surface area contributed by atoms with Gasteiger partial charge in [0.25, 0.3) is 47.3 Å². The lowest BCUT2D eigenvalue weighted by atomic mass is 9.80. The molecule has 12 nitrogen and oxygen atoms in total. The Morgan fingerprint density at radius 2 is 0.387 bits per heavy atom. The number of carbonyl (C=O) groups is 8. The number of carbonyl (C=O) groups excluding carboxylic acids is 8. The molecule has 4 heterocycles. The first-order valence-electron chi connectivity index (χ1n) is 41.5. The van der Waals surface area contributed by atoms with Crippen molar-refractivity contribution in [2.45, 2.75) is 259 Å². The minimum Gasteiger partial charge on any atom is -0.274 e. The number of amides is 8. The predicted molar refractivity (Wildman–Crippen MR) is 435 cm³/mol. The Labute approximate surface area is 625 Å². The van der Waals surface area contributed by atoms with Gasteiger partial charge in [-0.05, 0) is 150 Å². The molecule has 8 amide bonds. The Morgan fingerprint density at radius 3 is 0.623 bits per heavy atom. The Bertz CT molecular complexity index is 4720. The molecule has 106 heavy (non-hydrogen) atoms. The van der Waals surface area contributed by atoms with E-state index in [1.807, 2.05) is 97.1 Å². The fourth-order valence-electron chi connectivity index (χ4n) is 18.6. The van der Waals surface area contributed by atoms with Gasteiger partial charge in [0.1, 0.15) is 0 Å². The number of hydrogen-bond donors (Lipinski definition) is 0. The summed E-state index contributed by atoms with van der Waals surface area (Å²) in [6.07, 6.45) is 43.5. The smallest absolute Gasteiger partial charge is 0.261 e. The molecule has 4 aliphatic rings. The van der Waals surface area contributed by atoms with Crippen LogP contribution in [0.15, 0.2) is 84.9 Å². The van der Waals surface area contributed by atoms with Crippen molar-refractivity contribution in [1.82, 2.24) is 19.6 Å². The molecule has 0 N–H and O–H groups in total. The van der Waals surface area contributed by atoms with Crippen LogP contribution in [-0.4, -0.2) is 93.0 Å². The van der Waals surface area contributed by atoms with Gasteiger partial charge in [0, 0.05) is 92.2 Å². The van der Waals surface area contributed by atoms with Crippen molar-refractivity contribution >= 4 is 146 Å². The van der Waals surface area contributed by atoms with Crippen LogP contribution in [0.1, 0.15) is 353 Å². The summed E-state index contributed by atoms with van der Waals surface area (Å²) < 4.78 is 0. The maximum absolute atomic E-state index is 15.6. The molecule has 0 bridgehead atoms. The zero-order chi connectivity index (χ0) is 73.5. The van der Waals surface area contributed by atoms with Gasteiger partial charge < -0.3 is 0 Å². The molecule has 14 rings (SSSR count). The number of benzene rings is 10. The first-order chi connectivity index (χ1) is 51.9. The van der Waals surface area contributed by atoms with E-state index in [-0.39, 0.29) is 60.3 Å². The predicted octanol–water partition coefficient (Wildman–Crippen LogP) is 24.5. The van der Waals surface area contributed by atoms with Crippen LogP contribution in [-0.2, 0) is 0 Å². The molecular weight excluding hydrogens is 1310 g/mol. The fraction of sp³-hybridized carbons (Fsp3) is 0.468. The third kappa shape index (κ3) is 13.9. The Hall–Kier alpha value is -8.90. The van der Waals surface area contributed by atoms with Gasteiger partial charge in [-0.3, -0.25) is 58.0 Å². The van der Waals surface area contributed by atoms with E-state index < -0.39 is 0 Å². The third-order valence-electron chi connectivity index (χ3n) is 24.3. The van der Waals surface area contributed by atoms with Gasteiger partial charge >= 0.3 is 0 Å². The molecular formula is C94H108N4O8. The Kier molecular flexibility index (Phi) is 23.4. The van der Waals surface area contributed by atoms with Crippen LogP contribution in [0.5, 0.6) is 0 Å². The van der Waals surface area contributed by atoms with E-state index in [9.17, 15) is 19.2 Å². The van der Waals surface area contributed by atoms with E-state index in [0.29, 0.717) is 103 Å². The van der Waals surface area contributed by atoms with Crippen LogP contribution < -0.4 is 0 Å². The molecule has 0 aliphatic carbocycles. The van der Waals surface area contributed by atoms with E-state index in [2.05, 4.69) is 27.7 Å². The largest absolute Gasteiger partial charge is 0.274 e. The van der Waals surface area contributed by atoms with Crippen LogP contribution in [0.3, 0.4) is 0 Å². The average Bonchev–Trinajstić information content (AvgIpc) is 0.690. The number of unbranched alkanes of at least 4 members (excludes halogenated alkanes) is 32. The van der Waals surface area contributed by atoms with E-state index >= 15 is 19.2 Å². The highest BCUT2D eigenvalue weighted by Crippen LogP contribution is 2.51. The first kappa shape index (κ1) is 74.0. The van der Waals surface area contributed by atoms with Gasteiger partial charge in [-0.1, -0.05) is 282 Å². The second-order valence-electron chi connectivity index (χ2n) is 31.4. The molecule has 0 spiro atoms. The highest BCUT2D eigenvalue weighted by molar-refractivity contribution is 6.44. The van der Waals surface area contributed by atoms with E-state index in [0.717, 1.165) is 155 Å². The van der Waals surface area contributed by atoms with Crippen molar-refractivity contribution in [3.05, 3.63) is 141 Å². The molecule has 552 valence electrons. The van der Waals surface area contributed by atoms with Gasteiger partial charge in [0.15, 0.2) is 0 Å². The molecule has 0 saturated heterocycles. The highest BCUT2D eigenvalue weighted by atomic mass is 16.2. The summed E-state index contributed by atoms with van der Waals surface area (Å²) in [6, 6.07) is 26.8. The number of hydrogen-bond acceptors (Lipinski definition) is 8. The van der Waals surface area contributed by atoms with Crippen molar-refractivity contribution in [1.29, 1.82) is 0 Å². The van der Waals surface area contributed by atoms with Gasteiger partial charge in [0.2, 0.25) is 0 Å². The van der Waals surface area contributed by atoms with Gasteiger partial charge in [0.05, 0.1) is 0 Å². The van der Waals surface area contributed by atoms with Gasteiger partial charge in [-0.15, -0.1) is 0 Å². The second kappa shape index (κ2) is 33.5. The number of nitrogens with zero attached hydrogens (tertiary/aromatic N) is 4. The molecule has 10 aromatic rings. The van der Waals surface area contributed by atoms with Crippen LogP contribution in [0.25, 0.3) is 98.3 Å². The molecule has 4 aliphatic heterocycles. The molecule has 12 heteroatoms. The summed E-state index contributed by atoms with van der Waals surface area (Å²) in [4.78, 5) is 127. The van der Waals surface area contributed by atoms with Crippen molar-refractivity contribution < 1.29 is 38.4 Å². The fourth-order valence-corrected chi connectivity index (χ4v) is 18.6. The molecule has 0 saturated carbocycles. The zero-order valence-electron chi connectivity index (χ0n) is 63.6. The maximum atomic E-state index is 15.6. The quantitative estimate of drug-likeness (QED) is 0.0121. The summed E-state index contributed by atoms with van der Waals surface area (Å²) in [6.45, 7) is 10.1. The second-order valence-corrected chi connectivity index (χ2v) is 31.4. The van der Waals surface area contributed by atoms with E-state index in [1.54, 1.807) is 0 Å². The topological polar surface area (TPSA) is 150 Å². The summed E-state index contributed by atoms with van der Waals surface area (Å²) in [5, 5.41) is 11.4. The van der Waals surface area contributed by atoms with E-state index in [4.69, 9.17) is 0 Å². The van der Waals surface area contributed by atoms with Crippen molar-refractivity contribution in [2.24, 2.45) is 0 Å². The minimum atomic E-state index is -0.369. The summed E-state index contributed by atoms with van der Waals surface area (Å²) in [5.41, 5.74) is 4.81. The third-order valence-corrected chi connectivity index (χ3v) is 24.3. The van der Waals surface area contributed by atoms with Crippen molar-refractivity contribution in [2.75, 3.05) is 26.2 Å². The van der Waals surface area contributed by atoms with Crippen molar-refractivity contribution in [3.8, 4) is 0 Å². The van der Waals surface area contributed by atoms with Gasteiger partial charge in [-0.2, -0.15) is 0 Å². The SMILES string of the molecule is CCCCCCCCCCCN1C(=O)c2ccc3c4ccc5c6c(cc(/C=C/c7cc8c9c(ccc%10c%11ccc%12c%13c(ccc(c7c9%10)c%13%11)C(=O)N(CCCCCCCCCCC)C%12=O)C(=O)N(CCCCCCCCCCC)C8=O)c(c7ccc(c2c37)C1=O)c64)C(=O)N(CCCCCCCCCCC)C5=O. The van der Waals surface area contributed by atoms with Gasteiger partial charge in [-0.25, -0.2) is 0 Å². The lowest BCUT2D eigenvalue weighted by Gasteiger charge is -2.31. The zero-order valence-corrected chi connectivity index (χ0v) is 63.6. The van der Waals surface area contributed by atoms with Crippen LogP contribution >= 0.6 is 0 Å². The van der Waals surface area contributed by atoms with Crippen LogP contribution in [0.4, 0.5) is 0 Å². The lowest BCUT2D eigenvalue weighted by molar-refractivity contribution is 0.0592. The normalized spacial score (nSPS) is 14.6. The molecule has 0 aromatic heterocycles. The molecule has 10 aromatic carbocycles. The lowest BCUT2D eigenvalue weighted by Crippen LogP contribution is -2.41. The maximum Gasteiger partial charge on any atom is 0.261 e. The number of rotatable bonds is 42. The summed E-state index contributed by atoms with van der Waals surface area (Å²) >= 11 is 0. The molecule has 0 atom stereocenters. The monoisotopic (exact) mass is 1420 g/mol. The molecule has 0 fully saturated rings. The van der Waals surface area contributed by atoms with Crippen molar-refractivity contribution in [3.63, 3.8) is 0 Å². The Morgan fingerprint density at radius 1 is 0.198 bits per heavy atom. The average molecular weight is 1420 g/mol.